The van der Waals surface area contributed by atoms with E-state index in [1.54, 1.807) is 0 Å². The van der Waals surface area contributed by atoms with Gasteiger partial charge in [0.25, 0.3) is 0 Å². The SMILES string of the molecule is CCOc1cccc(NC2CCc3cc(Br)ccc32)c1. The molecule has 1 N–H and O–H groups in total. The number of benzene rings is 2. The van der Waals surface area contributed by atoms with Crippen molar-refractivity contribution < 1.29 is 4.74 Å². The second kappa shape index (κ2) is 5.88. The molecule has 20 heavy (non-hydrogen) atoms. The fraction of sp³-hybridized carbons (Fsp3) is 0.294. The van der Waals surface area contributed by atoms with Crippen molar-refractivity contribution in [2.75, 3.05) is 11.9 Å². The van der Waals surface area contributed by atoms with Crippen LogP contribution in [-0.4, -0.2) is 6.61 Å². The summed E-state index contributed by atoms with van der Waals surface area (Å²) in [5.41, 5.74) is 3.98. The van der Waals surface area contributed by atoms with E-state index in [0.29, 0.717) is 12.6 Å². The van der Waals surface area contributed by atoms with Gasteiger partial charge in [-0.1, -0.05) is 28.1 Å². The van der Waals surface area contributed by atoms with Gasteiger partial charge >= 0.3 is 0 Å². The molecule has 0 aliphatic heterocycles. The molecule has 104 valence electrons. The summed E-state index contributed by atoms with van der Waals surface area (Å²) in [6, 6.07) is 15.2. The van der Waals surface area contributed by atoms with Crippen LogP contribution in [0.3, 0.4) is 0 Å². The second-order valence-corrected chi connectivity index (χ2v) is 5.96. The minimum atomic E-state index is 0.398. The van der Waals surface area contributed by atoms with Crippen molar-refractivity contribution >= 4 is 21.6 Å². The first kappa shape index (κ1) is 13.5. The number of rotatable bonds is 4. The first-order valence-corrected chi connectivity index (χ1v) is 7.83. The zero-order valence-corrected chi connectivity index (χ0v) is 13.1. The van der Waals surface area contributed by atoms with E-state index >= 15 is 0 Å². The van der Waals surface area contributed by atoms with E-state index in [-0.39, 0.29) is 0 Å². The lowest BCUT2D eigenvalue weighted by atomic mass is 10.1. The number of ether oxygens (including phenoxy) is 1. The molecule has 2 nitrogen and oxygen atoms in total. The molecule has 1 aliphatic rings. The summed E-state index contributed by atoms with van der Waals surface area (Å²) in [6.07, 6.45) is 2.28. The van der Waals surface area contributed by atoms with Crippen LogP contribution in [0, 0.1) is 0 Å². The monoisotopic (exact) mass is 331 g/mol. The van der Waals surface area contributed by atoms with E-state index in [1.165, 1.54) is 11.1 Å². The highest BCUT2D eigenvalue weighted by atomic mass is 79.9. The van der Waals surface area contributed by atoms with Gasteiger partial charge in [0.05, 0.1) is 12.6 Å². The van der Waals surface area contributed by atoms with Crippen LogP contribution in [0.2, 0.25) is 0 Å². The number of hydrogen-bond donors (Lipinski definition) is 1. The zero-order valence-electron chi connectivity index (χ0n) is 11.5. The largest absolute Gasteiger partial charge is 0.494 e. The van der Waals surface area contributed by atoms with Gasteiger partial charge in [0.1, 0.15) is 5.75 Å². The summed E-state index contributed by atoms with van der Waals surface area (Å²) in [5.74, 6) is 0.923. The maximum Gasteiger partial charge on any atom is 0.121 e. The van der Waals surface area contributed by atoms with Gasteiger partial charge in [-0.3, -0.25) is 0 Å². The molecule has 0 radical (unpaired) electrons. The molecule has 0 heterocycles. The van der Waals surface area contributed by atoms with Gasteiger partial charge in [-0.15, -0.1) is 0 Å². The smallest absolute Gasteiger partial charge is 0.121 e. The molecule has 0 saturated carbocycles. The number of anilines is 1. The Bertz CT molecular complexity index is 612. The molecular formula is C17H18BrNO. The van der Waals surface area contributed by atoms with Gasteiger partial charge in [-0.05, 0) is 55.2 Å². The molecule has 3 rings (SSSR count). The molecule has 0 spiro atoms. The number of halogens is 1. The van der Waals surface area contributed by atoms with Crippen molar-refractivity contribution in [3.05, 3.63) is 58.1 Å². The maximum absolute atomic E-state index is 5.55. The molecular weight excluding hydrogens is 314 g/mol. The third-order valence-corrected chi connectivity index (χ3v) is 4.16. The van der Waals surface area contributed by atoms with Crippen molar-refractivity contribution in [3.63, 3.8) is 0 Å². The molecule has 1 atom stereocenters. The van der Waals surface area contributed by atoms with Gasteiger partial charge in [0.15, 0.2) is 0 Å². The molecule has 3 heteroatoms. The van der Waals surface area contributed by atoms with E-state index in [2.05, 4.69) is 51.6 Å². The molecule has 0 saturated heterocycles. The Hall–Kier alpha value is -1.48. The molecule has 1 unspecified atom stereocenters. The summed E-state index contributed by atoms with van der Waals surface area (Å²) in [4.78, 5) is 0. The third kappa shape index (κ3) is 2.83. The summed E-state index contributed by atoms with van der Waals surface area (Å²) in [7, 11) is 0. The fourth-order valence-corrected chi connectivity index (χ4v) is 3.19. The van der Waals surface area contributed by atoms with E-state index in [0.717, 1.165) is 28.8 Å². The lowest BCUT2D eigenvalue weighted by molar-refractivity contribution is 0.340. The topological polar surface area (TPSA) is 21.3 Å². The lowest BCUT2D eigenvalue weighted by Gasteiger charge is -2.16. The van der Waals surface area contributed by atoms with Crippen LogP contribution in [0.25, 0.3) is 0 Å². The lowest BCUT2D eigenvalue weighted by Crippen LogP contribution is -2.07. The predicted molar refractivity (Wildman–Crippen MR) is 86.4 cm³/mol. The van der Waals surface area contributed by atoms with Crippen LogP contribution in [0.1, 0.15) is 30.5 Å². The molecule has 0 fully saturated rings. The van der Waals surface area contributed by atoms with Crippen LogP contribution in [0.15, 0.2) is 46.9 Å². The van der Waals surface area contributed by atoms with E-state index in [1.807, 2.05) is 19.1 Å². The van der Waals surface area contributed by atoms with Crippen molar-refractivity contribution in [1.82, 2.24) is 0 Å². The molecule has 0 aromatic heterocycles. The normalized spacial score (nSPS) is 16.8. The van der Waals surface area contributed by atoms with Gasteiger partial charge in [-0.2, -0.15) is 0 Å². The number of nitrogens with one attached hydrogen (secondary N) is 1. The van der Waals surface area contributed by atoms with Crippen LogP contribution in [0.4, 0.5) is 5.69 Å². The molecule has 2 aromatic carbocycles. The highest BCUT2D eigenvalue weighted by Gasteiger charge is 2.22. The Morgan fingerprint density at radius 2 is 2.15 bits per heavy atom. The minimum absolute atomic E-state index is 0.398. The summed E-state index contributed by atoms with van der Waals surface area (Å²) < 4.78 is 6.71. The maximum atomic E-state index is 5.55. The Morgan fingerprint density at radius 3 is 3.00 bits per heavy atom. The first-order chi connectivity index (χ1) is 9.76. The van der Waals surface area contributed by atoms with Gasteiger partial charge < -0.3 is 10.1 Å². The molecule has 1 aliphatic carbocycles. The summed E-state index contributed by atoms with van der Waals surface area (Å²) in [6.45, 7) is 2.70. The first-order valence-electron chi connectivity index (χ1n) is 7.04. The quantitative estimate of drug-likeness (QED) is 0.856. The van der Waals surface area contributed by atoms with Crippen molar-refractivity contribution in [2.24, 2.45) is 0 Å². The van der Waals surface area contributed by atoms with Crippen molar-refractivity contribution in [2.45, 2.75) is 25.8 Å². The Kier molecular flexibility index (Phi) is 3.97. The van der Waals surface area contributed by atoms with E-state index in [9.17, 15) is 0 Å². The number of aryl methyl sites for hydroxylation is 1. The van der Waals surface area contributed by atoms with E-state index in [4.69, 9.17) is 4.74 Å². The number of fused-ring (bicyclic) bond motifs is 1. The Morgan fingerprint density at radius 1 is 1.25 bits per heavy atom. The molecule has 2 aromatic rings. The molecule has 0 bridgehead atoms. The molecule has 0 amide bonds. The average molecular weight is 332 g/mol. The Labute approximate surface area is 128 Å². The highest BCUT2D eigenvalue weighted by Crippen LogP contribution is 2.35. The van der Waals surface area contributed by atoms with Crippen LogP contribution < -0.4 is 10.1 Å². The Balaban J connectivity index is 1.78. The van der Waals surface area contributed by atoms with Gasteiger partial charge in [0.2, 0.25) is 0 Å². The standard InChI is InChI=1S/C17H18BrNO/c1-2-20-15-5-3-4-14(11-15)19-17-9-6-12-10-13(18)7-8-16(12)17/h3-5,7-8,10-11,17,19H,2,6,9H2,1H3. The summed E-state index contributed by atoms with van der Waals surface area (Å²) in [5, 5.41) is 3.62. The minimum Gasteiger partial charge on any atom is -0.494 e. The fourth-order valence-electron chi connectivity index (χ4n) is 2.78. The van der Waals surface area contributed by atoms with Crippen molar-refractivity contribution in [3.8, 4) is 5.75 Å². The van der Waals surface area contributed by atoms with Gasteiger partial charge in [-0.25, -0.2) is 0 Å². The predicted octanol–water partition coefficient (Wildman–Crippen LogP) is 4.95. The van der Waals surface area contributed by atoms with Crippen LogP contribution >= 0.6 is 15.9 Å². The van der Waals surface area contributed by atoms with Gasteiger partial charge in [0, 0.05) is 16.2 Å². The van der Waals surface area contributed by atoms with Crippen LogP contribution in [0.5, 0.6) is 5.75 Å². The van der Waals surface area contributed by atoms with Crippen LogP contribution in [-0.2, 0) is 6.42 Å². The second-order valence-electron chi connectivity index (χ2n) is 5.04. The average Bonchev–Trinajstić information content (AvgIpc) is 2.82. The summed E-state index contributed by atoms with van der Waals surface area (Å²) >= 11 is 3.54. The van der Waals surface area contributed by atoms with Crippen molar-refractivity contribution in [1.29, 1.82) is 0 Å². The highest BCUT2D eigenvalue weighted by molar-refractivity contribution is 9.10. The third-order valence-electron chi connectivity index (χ3n) is 3.67. The zero-order chi connectivity index (χ0) is 13.9. The van der Waals surface area contributed by atoms with E-state index < -0.39 is 0 Å². The number of hydrogen-bond acceptors (Lipinski definition) is 2.